The van der Waals surface area contributed by atoms with E-state index < -0.39 is 44.4 Å². The van der Waals surface area contributed by atoms with Crippen molar-refractivity contribution in [1.82, 2.24) is 19.9 Å². The van der Waals surface area contributed by atoms with Gasteiger partial charge in [0.2, 0.25) is 6.41 Å². The Labute approximate surface area is 173 Å². The van der Waals surface area contributed by atoms with E-state index in [2.05, 4.69) is 25.1 Å². The number of nitrogens with one attached hydrogen (secondary N) is 2. The average Bonchev–Trinajstić information content (AvgIpc) is 3.11. The third kappa shape index (κ3) is 3.74. The molecule has 0 bridgehead atoms. The van der Waals surface area contributed by atoms with E-state index in [9.17, 15) is 24.4 Å². The minimum atomic E-state index is -4.83. The van der Waals surface area contributed by atoms with Crippen LogP contribution in [0.1, 0.15) is 18.7 Å². The highest BCUT2D eigenvalue weighted by Gasteiger charge is 2.54. The Kier molecular flexibility index (Phi) is 5.18. The van der Waals surface area contributed by atoms with Crippen LogP contribution in [0.25, 0.3) is 16.7 Å². The fourth-order valence-electron chi connectivity index (χ4n) is 3.66. The summed E-state index contributed by atoms with van der Waals surface area (Å²) in [7, 11) is -4.83. The van der Waals surface area contributed by atoms with Gasteiger partial charge in [-0.15, -0.1) is 0 Å². The second-order valence-electron chi connectivity index (χ2n) is 7.16. The zero-order chi connectivity index (χ0) is 22.6. The van der Waals surface area contributed by atoms with Crippen LogP contribution in [0.15, 0.2) is 18.6 Å². The molecule has 2 amide bonds. The fraction of sp³-hybridized carbons (Fsp3) is 0.375. The summed E-state index contributed by atoms with van der Waals surface area (Å²) >= 11 is 0. The lowest BCUT2D eigenvalue weighted by Crippen LogP contribution is -2.44. The number of carbonyl (C=O) groups is 2. The highest BCUT2D eigenvalue weighted by atomic mass is 31.2. The highest BCUT2D eigenvalue weighted by molar-refractivity contribution is 7.46. The number of amides is 2. The number of anilines is 1. The molecule has 0 radical (unpaired) electrons. The third-order valence-corrected chi connectivity index (χ3v) is 5.53. The van der Waals surface area contributed by atoms with E-state index in [0.717, 1.165) is 6.08 Å². The maximum absolute atomic E-state index is 12.1. The molecule has 4 atom stereocenters. The van der Waals surface area contributed by atoms with Crippen LogP contribution in [0.2, 0.25) is 0 Å². The first-order valence-electron chi connectivity index (χ1n) is 8.87. The minimum Gasteiger partial charge on any atom is -0.387 e. The molecule has 6 N–H and O–H groups in total. The van der Waals surface area contributed by atoms with Crippen molar-refractivity contribution in [2.75, 3.05) is 11.9 Å². The maximum atomic E-state index is 12.1. The number of carbonyl (C=O) groups excluding carboxylic acids is 2. The highest BCUT2D eigenvalue weighted by Crippen LogP contribution is 2.44. The molecule has 1 saturated heterocycles. The number of aliphatic hydroxyl groups is 2. The Bertz CT molecular complexity index is 1140. The molecule has 2 aliphatic rings. The smallest absolute Gasteiger partial charge is 0.387 e. The molecule has 2 aromatic rings. The number of hydrogen-bond donors (Lipinski definition) is 6. The lowest BCUT2D eigenvalue weighted by molar-refractivity contribution is -0.111. The summed E-state index contributed by atoms with van der Waals surface area (Å²) in [5.41, 5.74) is -1.23. The van der Waals surface area contributed by atoms with Gasteiger partial charge in [0.05, 0.1) is 17.7 Å². The third-order valence-electron chi connectivity index (χ3n) is 5.05. The summed E-state index contributed by atoms with van der Waals surface area (Å²) in [6.07, 6.45) is 0.0494. The summed E-state index contributed by atoms with van der Waals surface area (Å²) in [4.78, 5) is 49.1. The predicted octanol–water partition coefficient (Wildman–Crippen LogP) is -1.41. The van der Waals surface area contributed by atoms with E-state index in [0.29, 0.717) is 17.4 Å². The largest absolute Gasteiger partial charge is 0.469 e. The number of rotatable bonds is 6. The molecular formula is C16H18N5O9P. The van der Waals surface area contributed by atoms with Crippen LogP contribution in [0.4, 0.5) is 5.82 Å². The zero-order valence-electron chi connectivity index (χ0n) is 15.9. The molecule has 0 aromatic carbocycles. The second kappa shape index (κ2) is 7.46. The van der Waals surface area contributed by atoms with Crippen LogP contribution < -0.4 is 10.6 Å². The summed E-state index contributed by atoms with van der Waals surface area (Å²) in [5, 5.41) is 26.7. The molecule has 1 fully saturated rings. The van der Waals surface area contributed by atoms with Crippen LogP contribution in [0, 0.1) is 0 Å². The quantitative estimate of drug-likeness (QED) is 0.220. The van der Waals surface area contributed by atoms with Crippen LogP contribution in [-0.4, -0.2) is 71.3 Å². The number of ether oxygens (including phenoxy) is 1. The minimum absolute atomic E-state index is 0.143. The number of phosphoric ester groups is 1. The van der Waals surface area contributed by atoms with Crippen molar-refractivity contribution in [1.29, 1.82) is 0 Å². The van der Waals surface area contributed by atoms with Crippen molar-refractivity contribution in [3.8, 4) is 0 Å². The molecule has 0 unspecified atom stereocenters. The molecule has 15 heteroatoms. The monoisotopic (exact) mass is 455 g/mol. The predicted molar refractivity (Wildman–Crippen MR) is 102 cm³/mol. The maximum Gasteiger partial charge on any atom is 0.469 e. The number of aliphatic hydroxyl groups excluding tert-OH is 1. The Hall–Kier alpha value is -2.71. The van der Waals surface area contributed by atoms with Gasteiger partial charge in [0, 0.05) is 17.8 Å². The number of aromatic nitrogens is 3. The van der Waals surface area contributed by atoms with E-state index in [4.69, 9.17) is 14.5 Å². The van der Waals surface area contributed by atoms with E-state index in [-0.39, 0.29) is 17.2 Å². The Morgan fingerprint density at radius 2 is 2.19 bits per heavy atom. The van der Waals surface area contributed by atoms with Gasteiger partial charge < -0.3 is 39.9 Å². The van der Waals surface area contributed by atoms with Crippen LogP contribution in [0.3, 0.4) is 0 Å². The first kappa shape index (κ1) is 21.5. The molecule has 166 valence electrons. The Morgan fingerprint density at radius 3 is 2.87 bits per heavy atom. The van der Waals surface area contributed by atoms with Crippen molar-refractivity contribution in [3.05, 3.63) is 24.2 Å². The van der Waals surface area contributed by atoms with Gasteiger partial charge in [-0.1, -0.05) is 0 Å². The lowest BCUT2D eigenvalue weighted by Gasteiger charge is -2.27. The van der Waals surface area contributed by atoms with Gasteiger partial charge in [0.15, 0.2) is 6.23 Å². The van der Waals surface area contributed by atoms with Gasteiger partial charge in [-0.05, 0) is 6.92 Å². The molecule has 0 aliphatic carbocycles. The number of phosphoric acid groups is 1. The fourth-order valence-corrected chi connectivity index (χ4v) is 4.00. The summed E-state index contributed by atoms with van der Waals surface area (Å²) in [6, 6.07) is 0. The molecule has 2 aromatic heterocycles. The van der Waals surface area contributed by atoms with Gasteiger partial charge in [0.1, 0.15) is 35.6 Å². The molecule has 31 heavy (non-hydrogen) atoms. The van der Waals surface area contributed by atoms with E-state index in [1.807, 2.05) is 0 Å². The molecule has 2 aliphatic heterocycles. The van der Waals surface area contributed by atoms with Crippen molar-refractivity contribution < 1.29 is 43.4 Å². The molecule has 4 rings (SSSR count). The van der Waals surface area contributed by atoms with Crippen molar-refractivity contribution in [3.63, 3.8) is 0 Å². The molecule has 0 saturated carbocycles. The van der Waals surface area contributed by atoms with Gasteiger partial charge in [-0.2, -0.15) is 0 Å². The molecule has 0 spiro atoms. The van der Waals surface area contributed by atoms with Crippen molar-refractivity contribution in [2.45, 2.75) is 31.0 Å². The van der Waals surface area contributed by atoms with Crippen LogP contribution in [0.5, 0.6) is 0 Å². The van der Waals surface area contributed by atoms with Crippen LogP contribution in [-0.2, 0) is 23.4 Å². The van der Waals surface area contributed by atoms with Crippen molar-refractivity contribution in [2.24, 2.45) is 0 Å². The first-order valence-corrected chi connectivity index (χ1v) is 10.4. The van der Waals surface area contributed by atoms with E-state index >= 15 is 0 Å². The van der Waals surface area contributed by atoms with Gasteiger partial charge in [-0.25, -0.2) is 14.5 Å². The SMILES string of the molecule is C[C@@]1(O)[C@H](O)[C@@H](COP(=O)(O)O)O[C@H]1n1cc2c3c(ncnc31)NC(=O)C=C2NC=O. The van der Waals surface area contributed by atoms with Crippen molar-refractivity contribution >= 4 is 42.7 Å². The zero-order valence-corrected chi connectivity index (χ0v) is 16.8. The molecule has 4 heterocycles. The second-order valence-corrected chi connectivity index (χ2v) is 8.40. The Balaban J connectivity index is 1.80. The lowest BCUT2D eigenvalue weighted by atomic mass is 9.96. The molecular weight excluding hydrogens is 437 g/mol. The normalized spacial score (nSPS) is 28.2. The van der Waals surface area contributed by atoms with E-state index in [1.54, 1.807) is 0 Å². The van der Waals surface area contributed by atoms with Gasteiger partial charge in [0.25, 0.3) is 5.91 Å². The topological polar surface area (TPSA) is 205 Å². The number of hydrogen-bond acceptors (Lipinski definition) is 9. The van der Waals surface area contributed by atoms with Gasteiger partial charge in [-0.3, -0.25) is 14.1 Å². The Morgan fingerprint density at radius 1 is 1.45 bits per heavy atom. The van der Waals surface area contributed by atoms with E-state index in [1.165, 1.54) is 24.0 Å². The summed E-state index contributed by atoms with van der Waals surface area (Å²) in [6.45, 7) is 0.597. The summed E-state index contributed by atoms with van der Waals surface area (Å²) < 4.78 is 22.5. The first-order chi connectivity index (χ1) is 14.5. The number of nitrogens with zero attached hydrogens (tertiary/aromatic N) is 3. The standard InChI is InChI=1S/C16H18N5O9P/c1-16(25)12(24)9(4-29-31(26,27)28)30-15(16)21-3-7-8(19-6-22)2-10(23)20-13-11(7)14(21)18-5-17-13/h2-3,5-6,9,12,15,24-25H,4H2,1H3,(H,19,22)(H2,26,27,28)(H,17,18,20,23)/t9-,12-,15-,16-/m1/s1. The molecule has 14 nitrogen and oxygen atoms in total. The van der Waals surface area contributed by atoms with Crippen LogP contribution >= 0.6 is 7.82 Å². The van der Waals surface area contributed by atoms with Gasteiger partial charge >= 0.3 is 7.82 Å². The average molecular weight is 455 g/mol. The summed E-state index contributed by atoms with van der Waals surface area (Å²) in [5.74, 6) is -0.372.